The van der Waals surface area contributed by atoms with Gasteiger partial charge in [-0.25, -0.2) is 8.78 Å². The fraction of sp³-hybridized carbons (Fsp3) is 0.167. The van der Waals surface area contributed by atoms with Gasteiger partial charge in [-0.05, 0) is 36.8 Å². The van der Waals surface area contributed by atoms with Gasteiger partial charge in [-0.15, -0.1) is 0 Å². The first kappa shape index (κ1) is 16.8. The van der Waals surface area contributed by atoms with Gasteiger partial charge >= 0.3 is 0 Å². The highest BCUT2D eigenvalue weighted by molar-refractivity contribution is 6.05. The van der Waals surface area contributed by atoms with E-state index in [1.807, 2.05) is 6.92 Å². The van der Waals surface area contributed by atoms with E-state index in [1.165, 1.54) is 12.1 Å². The lowest BCUT2D eigenvalue weighted by molar-refractivity contribution is 0.102. The summed E-state index contributed by atoms with van der Waals surface area (Å²) in [6.45, 7) is 3.69. The highest BCUT2D eigenvalue weighted by Gasteiger charge is 2.17. The van der Waals surface area contributed by atoms with Crippen molar-refractivity contribution in [1.82, 2.24) is 10.1 Å². The van der Waals surface area contributed by atoms with E-state index in [-0.39, 0.29) is 5.56 Å². The molecule has 2 aromatic carbocycles. The zero-order valence-corrected chi connectivity index (χ0v) is 13.6. The van der Waals surface area contributed by atoms with Gasteiger partial charge in [0.2, 0.25) is 0 Å². The van der Waals surface area contributed by atoms with E-state index in [4.69, 9.17) is 4.52 Å². The molecule has 0 bridgehead atoms. The monoisotopic (exact) mass is 343 g/mol. The van der Waals surface area contributed by atoms with Gasteiger partial charge < -0.3 is 9.84 Å². The van der Waals surface area contributed by atoms with Crippen LogP contribution in [0.5, 0.6) is 0 Å². The number of halogens is 2. The molecular formula is C18H15F2N3O2. The number of aromatic nitrogens is 2. The fourth-order valence-corrected chi connectivity index (χ4v) is 2.27. The molecular weight excluding hydrogens is 328 g/mol. The van der Waals surface area contributed by atoms with E-state index in [2.05, 4.69) is 15.5 Å². The molecule has 0 unspecified atom stereocenters. The Labute approximate surface area is 142 Å². The Balaban J connectivity index is 1.90. The molecule has 1 heterocycles. The first-order valence-electron chi connectivity index (χ1n) is 7.68. The second-order valence-electron chi connectivity index (χ2n) is 5.45. The maximum absolute atomic E-state index is 13.8. The summed E-state index contributed by atoms with van der Waals surface area (Å²) in [5.41, 5.74) is 1.45. The van der Waals surface area contributed by atoms with Crippen LogP contribution in [0.25, 0.3) is 11.5 Å². The van der Waals surface area contributed by atoms with E-state index >= 15 is 0 Å². The summed E-state index contributed by atoms with van der Waals surface area (Å²) >= 11 is 0. The number of rotatable bonds is 4. The Hall–Kier alpha value is -3.09. The molecule has 0 saturated heterocycles. The molecule has 5 nitrogen and oxygen atoms in total. The number of anilines is 1. The van der Waals surface area contributed by atoms with Gasteiger partial charge in [0.1, 0.15) is 0 Å². The van der Waals surface area contributed by atoms with Gasteiger partial charge in [-0.2, -0.15) is 4.98 Å². The first-order chi connectivity index (χ1) is 12.0. The number of nitrogens with one attached hydrogen (secondary N) is 1. The van der Waals surface area contributed by atoms with Crippen molar-refractivity contribution < 1.29 is 18.1 Å². The minimum absolute atomic E-state index is 0.323. The number of benzene rings is 2. The Morgan fingerprint density at radius 3 is 2.76 bits per heavy atom. The molecule has 0 aliphatic rings. The molecule has 25 heavy (non-hydrogen) atoms. The average molecular weight is 343 g/mol. The summed E-state index contributed by atoms with van der Waals surface area (Å²) in [6.07, 6.45) is 0.637. The third-order valence-electron chi connectivity index (χ3n) is 3.71. The van der Waals surface area contributed by atoms with E-state index in [1.54, 1.807) is 25.1 Å². The van der Waals surface area contributed by atoms with Crippen molar-refractivity contribution in [1.29, 1.82) is 0 Å². The number of amides is 1. The van der Waals surface area contributed by atoms with Crippen LogP contribution in [0.2, 0.25) is 0 Å². The SMILES string of the molecule is CCc1noc(-c2ccc(C)c(NC(=O)c3cccc(F)c3F)c2)n1. The Morgan fingerprint density at radius 1 is 1.24 bits per heavy atom. The number of hydrogen-bond donors (Lipinski definition) is 1. The lowest BCUT2D eigenvalue weighted by Gasteiger charge is -2.10. The molecule has 0 fully saturated rings. The molecule has 1 amide bonds. The molecule has 0 aliphatic heterocycles. The summed E-state index contributed by atoms with van der Waals surface area (Å²) in [7, 11) is 0. The minimum Gasteiger partial charge on any atom is -0.334 e. The van der Waals surface area contributed by atoms with E-state index in [9.17, 15) is 13.6 Å². The van der Waals surface area contributed by atoms with Crippen molar-refractivity contribution in [3.05, 3.63) is 65.0 Å². The normalized spacial score (nSPS) is 10.7. The molecule has 7 heteroatoms. The number of hydrogen-bond acceptors (Lipinski definition) is 4. The average Bonchev–Trinajstić information content (AvgIpc) is 3.08. The van der Waals surface area contributed by atoms with Gasteiger partial charge in [0.25, 0.3) is 11.8 Å². The second-order valence-corrected chi connectivity index (χ2v) is 5.45. The molecule has 1 N–H and O–H groups in total. The smallest absolute Gasteiger partial charge is 0.258 e. The van der Waals surface area contributed by atoms with E-state index in [0.29, 0.717) is 29.4 Å². The van der Waals surface area contributed by atoms with Crippen LogP contribution in [0.3, 0.4) is 0 Å². The molecule has 3 aromatic rings. The van der Waals surface area contributed by atoms with Crippen LogP contribution in [0.4, 0.5) is 14.5 Å². The largest absolute Gasteiger partial charge is 0.334 e. The Kier molecular flexibility index (Phi) is 4.56. The summed E-state index contributed by atoms with van der Waals surface area (Å²) in [5, 5.41) is 6.42. The van der Waals surface area contributed by atoms with Crippen LogP contribution in [-0.2, 0) is 6.42 Å². The van der Waals surface area contributed by atoms with Crippen LogP contribution in [0, 0.1) is 18.6 Å². The predicted molar refractivity (Wildman–Crippen MR) is 88.2 cm³/mol. The summed E-state index contributed by atoms with van der Waals surface area (Å²) < 4.78 is 32.2. The van der Waals surface area contributed by atoms with E-state index in [0.717, 1.165) is 11.6 Å². The van der Waals surface area contributed by atoms with Crippen molar-refractivity contribution >= 4 is 11.6 Å². The second kappa shape index (κ2) is 6.80. The van der Waals surface area contributed by atoms with Gasteiger partial charge in [0.15, 0.2) is 17.5 Å². The van der Waals surface area contributed by atoms with Gasteiger partial charge in [0.05, 0.1) is 5.56 Å². The third kappa shape index (κ3) is 3.40. The molecule has 0 radical (unpaired) electrons. The molecule has 0 aliphatic carbocycles. The van der Waals surface area contributed by atoms with Gasteiger partial charge in [-0.3, -0.25) is 4.79 Å². The van der Waals surface area contributed by atoms with Crippen LogP contribution in [0.15, 0.2) is 40.9 Å². The van der Waals surface area contributed by atoms with Crippen molar-refractivity contribution in [3.63, 3.8) is 0 Å². The quantitative estimate of drug-likeness (QED) is 0.773. The maximum Gasteiger partial charge on any atom is 0.258 e. The van der Waals surface area contributed by atoms with Gasteiger partial charge in [-0.1, -0.05) is 24.2 Å². The van der Waals surface area contributed by atoms with Crippen LogP contribution in [0.1, 0.15) is 28.7 Å². The number of nitrogens with zero attached hydrogens (tertiary/aromatic N) is 2. The Bertz CT molecular complexity index is 938. The molecule has 3 rings (SSSR count). The number of aryl methyl sites for hydroxylation is 2. The van der Waals surface area contributed by atoms with Gasteiger partial charge in [0, 0.05) is 17.7 Å². The predicted octanol–water partition coefficient (Wildman–Crippen LogP) is 4.14. The van der Waals surface area contributed by atoms with Crippen LogP contribution in [-0.4, -0.2) is 16.0 Å². The lowest BCUT2D eigenvalue weighted by Crippen LogP contribution is -2.15. The van der Waals surface area contributed by atoms with Crippen molar-refractivity contribution in [2.75, 3.05) is 5.32 Å². The van der Waals surface area contributed by atoms with Crippen molar-refractivity contribution in [2.24, 2.45) is 0 Å². The highest BCUT2D eigenvalue weighted by atomic mass is 19.2. The molecule has 1 aromatic heterocycles. The zero-order chi connectivity index (χ0) is 18.0. The third-order valence-corrected chi connectivity index (χ3v) is 3.71. The number of carbonyl (C=O) groups is 1. The highest BCUT2D eigenvalue weighted by Crippen LogP contribution is 2.25. The Morgan fingerprint density at radius 2 is 2.04 bits per heavy atom. The first-order valence-corrected chi connectivity index (χ1v) is 7.68. The standard InChI is InChI=1S/C18H15F2N3O2/c1-3-15-22-18(25-23-15)11-8-7-10(2)14(9-11)21-17(24)12-5-4-6-13(19)16(12)20/h4-9H,3H2,1-2H3,(H,21,24). The van der Waals surface area contributed by atoms with Crippen LogP contribution >= 0.6 is 0 Å². The molecule has 0 atom stereocenters. The maximum atomic E-state index is 13.8. The fourth-order valence-electron chi connectivity index (χ4n) is 2.27. The summed E-state index contributed by atoms with van der Waals surface area (Å²) in [5.74, 6) is -2.10. The zero-order valence-electron chi connectivity index (χ0n) is 13.6. The number of carbonyl (C=O) groups excluding carboxylic acids is 1. The van der Waals surface area contributed by atoms with Crippen molar-refractivity contribution in [3.8, 4) is 11.5 Å². The van der Waals surface area contributed by atoms with Crippen LogP contribution < -0.4 is 5.32 Å². The topological polar surface area (TPSA) is 68.0 Å². The summed E-state index contributed by atoms with van der Waals surface area (Å²) in [4.78, 5) is 16.5. The van der Waals surface area contributed by atoms with E-state index < -0.39 is 17.5 Å². The summed E-state index contributed by atoms with van der Waals surface area (Å²) in [6, 6.07) is 8.65. The minimum atomic E-state index is -1.18. The molecule has 0 spiro atoms. The van der Waals surface area contributed by atoms with Crippen molar-refractivity contribution in [2.45, 2.75) is 20.3 Å². The molecule has 128 valence electrons. The lowest BCUT2D eigenvalue weighted by atomic mass is 10.1. The molecule has 0 saturated carbocycles.